The molecule has 0 radical (unpaired) electrons. The number of hydrogen-bond acceptors (Lipinski definition) is 10. The number of rotatable bonds is 11. The van der Waals surface area contributed by atoms with Gasteiger partial charge in [0.25, 0.3) is 0 Å². The van der Waals surface area contributed by atoms with E-state index in [0.29, 0.717) is 17.2 Å². The first-order valence-corrected chi connectivity index (χ1v) is 14.3. The molecule has 3 aromatic rings. The van der Waals surface area contributed by atoms with Gasteiger partial charge in [0.2, 0.25) is 0 Å². The van der Waals surface area contributed by atoms with Crippen molar-refractivity contribution in [1.29, 1.82) is 0 Å². The topological polar surface area (TPSA) is 129 Å². The number of benzene rings is 3. The Morgan fingerprint density at radius 2 is 1.02 bits per heavy atom. The van der Waals surface area contributed by atoms with Crippen LogP contribution in [0.2, 0.25) is 0 Å². The monoisotopic (exact) mass is 641 g/mol. The predicted molar refractivity (Wildman–Crippen MR) is 172 cm³/mol. The number of esters is 4. The predicted octanol–water partition coefficient (Wildman–Crippen LogP) is 6.27. The maximum atomic E-state index is 13.0. The van der Waals surface area contributed by atoms with E-state index in [4.69, 9.17) is 18.9 Å². The minimum absolute atomic E-state index is 0. The number of β-amino-alcohol motifs (C(OH)–C–C–N with tert-alkyl or cyclic N) is 1. The molecule has 0 unspecified atom stereocenters. The Hall–Kier alpha value is -4.41. The Bertz CT molecular complexity index is 1380. The second-order valence-corrected chi connectivity index (χ2v) is 11.7. The third kappa shape index (κ3) is 10.6. The Labute approximate surface area is 269 Å². The Morgan fingerprint density at radius 1 is 0.644 bits per heavy atom. The van der Waals surface area contributed by atoms with Crippen LogP contribution in [-0.4, -0.2) is 47.7 Å². The van der Waals surface area contributed by atoms with Crippen molar-refractivity contribution in [2.75, 3.05) is 18.1 Å². The number of aliphatic hydroxyl groups is 1. The summed E-state index contributed by atoms with van der Waals surface area (Å²) in [7, 11) is 0. The van der Waals surface area contributed by atoms with Crippen LogP contribution in [-0.2, 0) is 9.59 Å². The number of ether oxygens (including phenoxy) is 4. The molecule has 0 aromatic heterocycles. The van der Waals surface area contributed by atoms with Crippen LogP contribution < -0.4 is 23.8 Å². The van der Waals surface area contributed by atoms with Gasteiger partial charge >= 0.3 is 23.9 Å². The van der Waals surface area contributed by atoms with Crippen LogP contribution in [0.15, 0.2) is 66.7 Å². The van der Waals surface area contributed by atoms with Crippen molar-refractivity contribution in [3.8, 4) is 23.0 Å². The van der Waals surface area contributed by atoms with Gasteiger partial charge in [-0.25, -0.2) is 9.59 Å². The fraction of sp³-hybridized carbons (Fsp3) is 0.353. The van der Waals surface area contributed by atoms with E-state index < -0.39 is 29.4 Å². The van der Waals surface area contributed by atoms with Gasteiger partial charge in [0.05, 0.1) is 29.6 Å². The molecule has 0 heterocycles. The van der Waals surface area contributed by atoms with Gasteiger partial charge in [0.15, 0.2) is 0 Å². The molecule has 0 fully saturated rings. The fourth-order valence-corrected chi connectivity index (χ4v) is 3.90. The van der Waals surface area contributed by atoms with Crippen LogP contribution in [0, 0.1) is 11.8 Å². The summed E-state index contributed by atoms with van der Waals surface area (Å²) in [6.45, 7) is 12.9. The molecule has 0 saturated heterocycles. The second-order valence-electron chi connectivity index (χ2n) is 11.7. The molecule has 0 spiro atoms. The molecule has 0 bridgehead atoms. The van der Waals surface area contributed by atoms with Gasteiger partial charge in [-0.3, -0.25) is 9.59 Å². The van der Waals surface area contributed by atoms with E-state index in [1.807, 2.05) is 25.7 Å². The van der Waals surface area contributed by atoms with Gasteiger partial charge in [-0.05, 0) is 69.3 Å². The molecule has 0 amide bonds. The van der Waals surface area contributed by atoms with Crippen LogP contribution >= 0.6 is 12.4 Å². The first-order chi connectivity index (χ1) is 20.7. The summed E-state index contributed by atoms with van der Waals surface area (Å²) in [6.07, 6.45) is 0. The quantitative estimate of drug-likeness (QED) is 0.189. The SMILES string of the molecule is CC(C)C(=O)Oc1ccc(C(=O)Oc2cc(OC(=O)c3ccc(OC(=O)C(C)C)cc3)cc(N(CCO)C(C)(C)C)c2)cc1.Cl. The zero-order valence-corrected chi connectivity index (χ0v) is 27.3. The first-order valence-electron chi connectivity index (χ1n) is 14.3. The van der Waals surface area contributed by atoms with Crippen LogP contribution in [0.5, 0.6) is 23.0 Å². The van der Waals surface area contributed by atoms with E-state index in [1.54, 1.807) is 39.8 Å². The van der Waals surface area contributed by atoms with Gasteiger partial charge in [-0.2, -0.15) is 0 Å². The van der Waals surface area contributed by atoms with Crippen molar-refractivity contribution >= 4 is 42.0 Å². The summed E-state index contributed by atoms with van der Waals surface area (Å²) in [5.41, 5.74) is 0.518. The summed E-state index contributed by atoms with van der Waals surface area (Å²) in [6, 6.07) is 16.6. The van der Waals surface area contributed by atoms with Crippen molar-refractivity contribution in [3.63, 3.8) is 0 Å². The van der Waals surface area contributed by atoms with Crippen molar-refractivity contribution in [3.05, 3.63) is 77.9 Å². The molecule has 3 rings (SSSR count). The Kier molecular flexibility index (Phi) is 13.1. The molecule has 3 aromatic carbocycles. The normalized spacial score (nSPS) is 11.0. The zero-order valence-electron chi connectivity index (χ0n) is 26.5. The minimum Gasteiger partial charge on any atom is -0.426 e. The third-order valence-electron chi connectivity index (χ3n) is 6.29. The number of carbonyl (C=O) groups is 4. The average molecular weight is 642 g/mol. The molecule has 11 heteroatoms. The van der Waals surface area contributed by atoms with E-state index in [0.717, 1.165) is 0 Å². The summed E-state index contributed by atoms with van der Waals surface area (Å²) in [5, 5.41) is 9.73. The zero-order chi connectivity index (χ0) is 32.6. The summed E-state index contributed by atoms with van der Waals surface area (Å²) in [4.78, 5) is 51.7. The van der Waals surface area contributed by atoms with Crippen molar-refractivity contribution in [1.82, 2.24) is 0 Å². The highest BCUT2D eigenvalue weighted by atomic mass is 35.5. The third-order valence-corrected chi connectivity index (χ3v) is 6.29. The molecular weight excluding hydrogens is 602 g/mol. The average Bonchev–Trinajstić information content (AvgIpc) is 2.95. The molecule has 10 nitrogen and oxygen atoms in total. The van der Waals surface area contributed by atoms with Gasteiger partial charge in [-0.1, -0.05) is 27.7 Å². The molecule has 45 heavy (non-hydrogen) atoms. The number of hydrogen-bond donors (Lipinski definition) is 1. The highest BCUT2D eigenvalue weighted by Crippen LogP contribution is 2.33. The lowest BCUT2D eigenvalue weighted by Gasteiger charge is -2.37. The largest absolute Gasteiger partial charge is 0.426 e. The molecule has 0 saturated carbocycles. The number of anilines is 1. The van der Waals surface area contributed by atoms with E-state index >= 15 is 0 Å². The smallest absolute Gasteiger partial charge is 0.343 e. The molecule has 0 aliphatic heterocycles. The van der Waals surface area contributed by atoms with Crippen molar-refractivity contribution in [2.45, 2.75) is 54.0 Å². The molecule has 242 valence electrons. The Balaban J connectivity index is 0.00000705. The van der Waals surface area contributed by atoms with Crippen molar-refractivity contribution < 1.29 is 43.2 Å². The maximum Gasteiger partial charge on any atom is 0.343 e. The van der Waals surface area contributed by atoms with Gasteiger partial charge in [-0.15, -0.1) is 12.4 Å². The van der Waals surface area contributed by atoms with Gasteiger partial charge in [0, 0.05) is 36.0 Å². The van der Waals surface area contributed by atoms with Crippen LogP contribution in [0.25, 0.3) is 0 Å². The maximum absolute atomic E-state index is 13.0. The number of nitrogens with zero attached hydrogens (tertiary/aromatic N) is 1. The van der Waals surface area contributed by atoms with Crippen molar-refractivity contribution in [2.24, 2.45) is 11.8 Å². The van der Waals surface area contributed by atoms with E-state index in [1.165, 1.54) is 54.6 Å². The molecule has 0 aliphatic carbocycles. The standard InChI is InChI=1S/C34H39NO9.ClH/c1-21(2)30(37)41-26-12-8-23(9-13-26)32(39)43-28-18-25(35(16-17-36)34(5,6)7)19-29(20-28)44-33(40)24-10-14-27(15-11-24)42-31(38)22(3)4;/h8-15,18-22,36H,16-17H2,1-7H3;1H. The summed E-state index contributed by atoms with van der Waals surface area (Å²) < 4.78 is 21.9. The first kappa shape index (κ1) is 36.8. The van der Waals surface area contributed by atoms with Crippen LogP contribution in [0.4, 0.5) is 5.69 Å². The summed E-state index contributed by atoms with van der Waals surface area (Å²) >= 11 is 0. The van der Waals surface area contributed by atoms with E-state index in [-0.39, 0.29) is 60.0 Å². The highest BCUT2D eigenvalue weighted by Gasteiger charge is 2.24. The van der Waals surface area contributed by atoms with Crippen LogP contribution in [0.3, 0.4) is 0 Å². The molecule has 1 N–H and O–H groups in total. The number of halogens is 1. The highest BCUT2D eigenvalue weighted by molar-refractivity contribution is 5.93. The lowest BCUT2D eigenvalue weighted by Crippen LogP contribution is -2.43. The second kappa shape index (κ2) is 16.1. The Morgan fingerprint density at radius 3 is 1.33 bits per heavy atom. The summed E-state index contributed by atoms with van der Waals surface area (Å²) in [5.74, 6) is -1.95. The molecule has 0 atom stereocenters. The van der Waals surface area contributed by atoms with Gasteiger partial charge < -0.3 is 29.0 Å². The fourth-order valence-electron chi connectivity index (χ4n) is 3.90. The van der Waals surface area contributed by atoms with Crippen LogP contribution in [0.1, 0.15) is 69.2 Å². The number of aliphatic hydroxyl groups excluding tert-OH is 1. The minimum atomic E-state index is -0.683. The van der Waals surface area contributed by atoms with E-state index in [9.17, 15) is 24.3 Å². The van der Waals surface area contributed by atoms with E-state index in [2.05, 4.69) is 0 Å². The molecular formula is C34H40ClNO9. The lowest BCUT2D eigenvalue weighted by molar-refractivity contribution is -0.138. The molecule has 0 aliphatic rings. The number of carbonyl (C=O) groups excluding carboxylic acids is 4. The lowest BCUT2D eigenvalue weighted by atomic mass is 10.0. The van der Waals surface area contributed by atoms with Gasteiger partial charge in [0.1, 0.15) is 23.0 Å².